The van der Waals surface area contributed by atoms with E-state index in [-0.39, 0.29) is 0 Å². The lowest BCUT2D eigenvalue weighted by Crippen LogP contribution is -2.31. The van der Waals surface area contributed by atoms with Crippen LogP contribution in [0.3, 0.4) is 0 Å². The molecule has 1 saturated carbocycles. The molecular weight excluding hydrogens is 286 g/mol. The zero-order valence-electron chi connectivity index (χ0n) is 11.1. The third kappa shape index (κ3) is 2.37. The van der Waals surface area contributed by atoms with E-state index in [0.29, 0.717) is 11.5 Å². The Morgan fingerprint density at radius 2 is 2.11 bits per heavy atom. The summed E-state index contributed by atoms with van der Waals surface area (Å²) in [6.07, 6.45) is 8.12. The maximum Gasteiger partial charge on any atom is 0.0326 e. The molecule has 0 radical (unpaired) electrons. The van der Waals surface area contributed by atoms with Gasteiger partial charge in [0.25, 0.3) is 0 Å². The first-order chi connectivity index (χ1) is 8.68. The van der Waals surface area contributed by atoms with Gasteiger partial charge in [-0.05, 0) is 48.3 Å². The Balaban J connectivity index is 1.68. The van der Waals surface area contributed by atoms with Gasteiger partial charge in [-0.25, -0.2) is 0 Å². The molecule has 1 atom stereocenters. The van der Waals surface area contributed by atoms with Crippen LogP contribution in [-0.2, 0) is 6.42 Å². The van der Waals surface area contributed by atoms with Crippen LogP contribution in [-0.4, -0.2) is 6.54 Å². The summed E-state index contributed by atoms with van der Waals surface area (Å²) in [6.45, 7) is 3.63. The molecule has 0 amide bonds. The molecule has 1 fully saturated rings. The van der Waals surface area contributed by atoms with Crippen molar-refractivity contribution in [1.82, 2.24) is 5.32 Å². The minimum atomic E-state index is 0.550. The summed E-state index contributed by atoms with van der Waals surface area (Å²) in [5.41, 5.74) is 3.59. The summed E-state index contributed by atoms with van der Waals surface area (Å²) in [7, 11) is 0. The van der Waals surface area contributed by atoms with E-state index in [1.807, 2.05) is 0 Å². The molecule has 0 bridgehead atoms. The second-order valence-corrected chi connectivity index (χ2v) is 7.15. The highest BCUT2D eigenvalue weighted by Crippen LogP contribution is 2.39. The maximum absolute atomic E-state index is 3.83. The molecule has 1 N–H and O–H groups in total. The molecule has 1 unspecified atom stereocenters. The molecular formula is C16H22BrN. The maximum atomic E-state index is 3.83. The minimum Gasteiger partial charge on any atom is -0.309 e. The third-order valence-corrected chi connectivity index (χ3v) is 5.54. The van der Waals surface area contributed by atoms with Crippen LogP contribution < -0.4 is 5.32 Å². The van der Waals surface area contributed by atoms with Gasteiger partial charge < -0.3 is 5.32 Å². The fraction of sp³-hybridized carbons (Fsp3) is 0.625. The molecule has 2 heteroatoms. The summed E-state index contributed by atoms with van der Waals surface area (Å²) < 4.78 is 1.29. The normalized spacial score (nSPS) is 25.3. The summed E-state index contributed by atoms with van der Waals surface area (Å²) in [5.74, 6) is 0. The molecule has 1 aromatic rings. The van der Waals surface area contributed by atoms with Gasteiger partial charge in [-0.3, -0.25) is 0 Å². The van der Waals surface area contributed by atoms with Crippen molar-refractivity contribution < 1.29 is 0 Å². The van der Waals surface area contributed by atoms with Crippen molar-refractivity contribution in [3.05, 3.63) is 33.8 Å². The standard InChI is InChI=1S/C16H22BrN/c1-16(9-2-3-10-16)11-18-15-8-7-12-13(15)5-4-6-14(12)17/h4-6,15,18H,2-3,7-11H2,1H3. The number of halogens is 1. The average Bonchev–Trinajstić information content (AvgIpc) is 2.95. The van der Waals surface area contributed by atoms with Gasteiger partial charge >= 0.3 is 0 Å². The van der Waals surface area contributed by atoms with Crippen LogP contribution >= 0.6 is 15.9 Å². The fourth-order valence-corrected chi connectivity index (χ4v) is 4.18. The van der Waals surface area contributed by atoms with E-state index in [1.54, 1.807) is 0 Å². The summed E-state index contributed by atoms with van der Waals surface area (Å²) in [6, 6.07) is 7.21. The number of hydrogen-bond donors (Lipinski definition) is 1. The number of hydrogen-bond acceptors (Lipinski definition) is 1. The fourth-order valence-electron chi connectivity index (χ4n) is 3.60. The van der Waals surface area contributed by atoms with Crippen LogP contribution in [0.25, 0.3) is 0 Å². The molecule has 0 aromatic heterocycles. The smallest absolute Gasteiger partial charge is 0.0326 e. The van der Waals surface area contributed by atoms with E-state index in [0.717, 1.165) is 0 Å². The molecule has 1 nitrogen and oxygen atoms in total. The molecule has 1 aromatic carbocycles. The minimum absolute atomic E-state index is 0.550. The Bertz CT molecular complexity index is 435. The molecule has 0 aliphatic heterocycles. The largest absolute Gasteiger partial charge is 0.309 e. The van der Waals surface area contributed by atoms with E-state index in [2.05, 4.69) is 46.4 Å². The van der Waals surface area contributed by atoms with Crippen LogP contribution in [0, 0.1) is 5.41 Å². The molecule has 3 rings (SSSR count). The van der Waals surface area contributed by atoms with Crippen LogP contribution in [0.15, 0.2) is 22.7 Å². The van der Waals surface area contributed by atoms with Gasteiger partial charge in [0.15, 0.2) is 0 Å². The van der Waals surface area contributed by atoms with Gasteiger partial charge in [0.2, 0.25) is 0 Å². The number of nitrogens with one attached hydrogen (secondary N) is 1. The van der Waals surface area contributed by atoms with Gasteiger partial charge in [0.05, 0.1) is 0 Å². The monoisotopic (exact) mass is 307 g/mol. The molecule has 0 saturated heterocycles. The lowest BCUT2D eigenvalue weighted by molar-refractivity contribution is 0.297. The Hall–Kier alpha value is -0.340. The van der Waals surface area contributed by atoms with Crippen molar-refractivity contribution in [3.8, 4) is 0 Å². The van der Waals surface area contributed by atoms with E-state index in [4.69, 9.17) is 0 Å². The summed E-state index contributed by atoms with van der Waals surface area (Å²) in [5, 5.41) is 3.83. The Morgan fingerprint density at radius 1 is 1.33 bits per heavy atom. The highest BCUT2D eigenvalue weighted by atomic mass is 79.9. The van der Waals surface area contributed by atoms with Crippen molar-refractivity contribution >= 4 is 15.9 Å². The number of benzene rings is 1. The SMILES string of the molecule is CC1(CNC2CCc3c(Br)cccc32)CCCC1. The van der Waals surface area contributed by atoms with Gasteiger partial charge in [-0.15, -0.1) is 0 Å². The third-order valence-electron chi connectivity index (χ3n) is 4.80. The van der Waals surface area contributed by atoms with Gasteiger partial charge in [0.1, 0.15) is 0 Å². The predicted octanol–water partition coefficient (Wildman–Crippen LogP) is 4.61. The topological polar surface area (TPSA) is 12.0 Å². The molecule has 18 heavy (non-hydrogen) atoms. The first-order valence-corrected chi connectivity index (χ1v) is 7.98. The van der Waals surface area contributed by atoms with Crippen LogP contribution in [0.4, 0.5) is 0 Å². The van der Waals surface area contributed by atoms with Crippen molar-refractivity contribution in [1.29, 1.82) is 0 Å². The van der Waals surface area contributed by atoms with E-state index in [1.165, 1.54) is 60.7 Å². The molecule has 2 aliphatic rings. The predicted molar refractivity (Wildman–Crippen MR) is 79.8 cm³/mol. The number of fused-ring (bicyclic) bond motifs is 1. The Labute approximate surface area is 118 Å². The van der Waals surface area contributed by atoms with Crippen LogP contribution in [0.5, 0.6) is 0 Å². The second kappa shape index (κ2) is 4.97. The molecule has 2 aliphatic carbocycles. The van der Waals surface area contributed by atoms with Crippen LogP contribution in [0.1, 0.15) is 56.2 Å². The van der Waals surface area contributed by atoms with Gasteiger partial charge in [0, 0.05) is 17.1 Å². The van der Waals surface area contributed by atoms with Crippen LogP contribution in [0.2, 0.25) is 0 Å². The summed E-state index contributed by atoms with van der Waals surface area (Å²) >= 11 is 3.67. The van der Waals surface area contributed by atoms with Crippen molar-refractivity contribution in [3.63, 3.8) is 0 Å². The highest BCUT2D eigenvalue weighted by Gasteiger charge is 2.31. The summed E-state index contributed by atoms with van der Waals surface area (Å²) in [4.78, 5) is 0. The van der Waals surface area contributed by atoms with E-state index < -0.39 is 0 Å². The van der Waals surface area contributed by atoms with Gasteiger partial charge in [-0.1, -0.05) is 47.8 Å². The molecule has 98 valence electrons. The quantitative estimate of drug-likeness (QED) is 0.860. The first-order valence-electron chi connectivity index (χ1n) is 7.19. The average molecular weight is 308 g/mol. The van der Waals surface area contributed by atoms with Gasteiger partial charge in [-0.2, -0.15) is 0 Å². The zero-order valence-corrected chi connectivity index (χ0v) is 12.7. The lowest BCUT2D eigenvalue weighted by Gasteiger charge is -2.26. The van der Waals surface area contributed by atoms with Crippen molar-refractivity contribution in [2.45, 2.75) is 51.5 Å². The molecule has 0 spiro atoms. The van der Waals surface area contributed by atoms with Crippen molar-refractivity contribution in [2.75, 3.05) is 6.54 Å². The highest BCUT2D eigenvalue weighted by molar-refractivity contribution is 9.10. The zero-order chi connectivity index (χ0) is 12.6. The van der Waals surface area contributed by atoms with E-state index in [9.17, 15) is 0 Å². The number of rotatable bonds is 3. The first kappa shape index (κ1) is 12.7. The van der Waals surface area contributed by atoms with Crippen molar-refractivity contribution in [2.24, 2.45) is 5.41 Å². The Kier molecular flexibility index (Phi) is 3.50. The van der Waals surface area contributed by atoms with E-state index >= 15 is 0 Å². The molecule has 0 heterocycles. The second-order valence-electron chi connectivity index (χ2n) is 6.30. The Morgan fingerprint density at radius 3 is 2.89 bits per heavy atom. The lowest BCUT2D eigenvalue weighted by atomic mass is 9.88.